The van der Waals surface area contributed by atoms with Crippen LogP contribution in [0.4, 0.5) is 8.78 Å². The van der Waals surface area contributed by atoms with Crippen LogP contribution in [0.3, 0.4) is 0 Å². The molecule has 0 bridgehead atoms. The monoisotopic (exact) mass is 418 g/mol. The van der Waals surface area contributed by atoms with E-state index >= 15 is 0 Å². The molecule has 3 nitrogen and oxygen atoms in total. The van der Waals surface area contributed by atoms with E-state index in [1.807, 2.05) is 35.4 Å². The lowest BCUT2D eigenvalue weighted by atomic mass is 10.1. The van der Waals surface area contributed by atoms with Crippen LogP contribution in [0.15, 0.2) is 53.6 Å². The van der Waals surface area contributed by atoms with Gasteiger partial charge in [0, 0.05) is 51.7 Å². The van der Waals surface area contributed by atoms with Gasteiger partial charge >= 0.3 is 0 Å². The summed E-state index contributed by atoms with van der Waals surface area (Å²) in [4.78, 5) is 18.8. The Labute approximate surface area is 170 Å². The van der Waals surface area contributed by atoms with Crippen LogP contribution >= 0.6 is 23.5 Å². The minimum absolute atomic E-state index is 0.0799. The molecule has 2 heterocycles. The Morgan fingerprint density at radius 1 is 1.21 bits per heavy atom. The van der Waals surface area contributed by atoms with Gasteiger partial charge in [-0.1, -0.05) is 18.2 Å². The molecule has 1 saturated heterocycles. The van der Waals surface area contributed by atoms with Crippen LogP contribution in [0.2, 0.25) is 0 Å². The van der Waals surface area contributed by atoms with Gasteiger partial charge in [-0.3, -0.25) is 4.79 Å². The lowest BCUT2D eigenvalue weighted by molar-refractivity contribution is -0.128. The first-order chi connectivity index (χ1) is 13.6. The lowest BCUT2D eigenvalue weighted by Crippen LogP contribution is -2.34. The van der Waals surface area contributed by atoms with Crippen LogP contribution in [0.25, 0.3) is 10.9 Å². The average Bonchev–Trinajstić information content (AvgIpc) is 2.95. The van der Waals surface area contributed by atoms with Crippen LogP contribution < -0.4 is 0 Å². The molecule has 1 atom stereocenters. The van der Waals surface area contributed by atoms with Gasteiger partial charge < -0.3 is 9.88 Å². The molecule has 7 heteroatoms. The van der Waals surface area contributed by atoms with Crippen molar-refractivity contribution in [2.24, 2.45) is 0 Å². The van der Waals surface area contributed by atoms with Gasteiger partial charge in [-0.2, -0.15) is 11.8 Å². The van der Waals surface area contributed by atoms with Gasteiger partial charge in [0.25, 0.3) is 0 Å². The minimum Gasteiger partial charge on any atom is -0.360 e. The molecule has 146 valence electrons. The van der Waals surface area contributed by atoms with Crippen LogP contribution in [-0.4, -0.2) is 40.4 Å². The molecule has 0 spiro atoms. The first kappa shape index (κ1) is 19.3. The van der Waals surface area contributed by atoms with Crippen LogP contribution in [-0.2, 0) is 4.79 Å². The quantitative estimate of drug-likeness (QED) is 0.588. The first-order valence-electron chi connectivity index (χ1n) is 9.15. The molecule has 1 aliphatic heterocycles. The van der Waals surface area contributed by atoms with E-state index in [9.17, 15) is 13.6 Å². The molecule has 3 aromatic rings. The van der Waals surface area contributed by atoms with Gasteiger partial charge in [-0.05, 0) is 30.7 Å². The highest BCUT2D eigenvalue weighted by molar-refractivity contribution is 8.00. The minimum atomic E-state index is -0.427. The van der Waals surface area contributed by atoms with Gasteiger partial charge in [-0.15, -0.1) is 11.8 Å². The molecule has 1 amide bonds. The number of rotatable bonds is 4. The summed E-state index contributed by atoms with van der Waals surface area (Å²) in [6.07, 6.45) is 2.55. The predicted octanol–water partition coefficient (Wildman–Crippen LogP) is 5.25. The van der Waals surface area contributed by atoms with E-state index in [0.29, 0.717) is 36.6 Å². The van der Waals surface area contributed by atoms with Gasteiger partial charge in [0.05, 0.1) is 5.75 Å². The van der Waals surface area contributed by atoms with Crippen molar-refractivity contribution in [2.75, 3.05) is 24.6 Å². The number of carbonyl (C=O) groups excluding carboxylic acids is 1. The number of aromatic nitrogens is 1. The topological polar surface area (TPSA) is 36.1 Å². The van der Waals surface area contributed by atoms with Crippen molar-refractivity contribution in [1.82, 2.24) is 9.88 Å². The zero-order chi connectivity index (χ0) is 19.5. The smallest absolute Gasteiger partial charge is 0.232 e. The summed E-state index contributed by atoms with van der Waals surface area (Å²) < 4.78 is 27.6. The van der Waals surface area contributed by atoms with Crippen LogP contribution in [0.5, 0.6) is 0 Å². The third-order valence-electron chi connectivity index (χ3n) is 4.90. The number of hydrogen-bond donors (Lipinski definition) is 1. The van der Waals surface area contributed by atoms with E-state index in [4.69, 9.17) is 0 Å². The first-order valence-corrected chi connectivity index (χ1v) is 11.2. The van der Waals surface area contributed by atoms with Crippen molar-refractivity contribution in [3.8, 4) is 0 Å². The number of nitrogens with one attached hydrogen (secondary N) is 1. The van der Waals surface area contributed by atoms with E-state index in [0.717, 1.165) is 21.9 Å². The Balaban J connectivity index is 1.37. The molecule has 1 fully saturated rings. The van der Waals surface area contributed by atoms with E-state index in [-0.39, 0.29) is 17.0 Å². The summed E-state index contributed by atoms with van der Waals surface area (Å²) in [5.74, 6) is 0.351. The number of H-pyrrole nitrogens is 1. The molecule has 0 aliphatic carbocycles. The second-order valence-corrected chi connectivity index (χ2v) is 9.01. The highest BCUT2D eigenvalue weighted by atomic mass is 32.2. The number of amides is 1. The van der Waals surface area contributed by atoms with Crippen molar-refractivity contribution in [1.29, 1.82) is 0 Å². The average molecular weight is 419 g/mol. The molecule has 1 aliphatic rings. The number of halogens is 2. The zero-order valence-corrected chi connectivity index (χ0v) is 16.8. The summed E-state index contributed by atoms with van der Waals surface area (Å²) in [7, 11) is 0. The summed E-state index contributed by atoms with van der Waals surface area (Å²) in [6.45, 7) is 1.19. The third kappa shape index (κ3) is 4.20. The second kappa shape index (κ2) is 8.57. The van der Waals surface area contributed by atoms with Crippen molar-refractivity contribution in [3.05, 3.63) is 65.9 Å². The highest BCUT2D eigenvalue weighted by Crippen LogP contribution is 2.36. The predicted molar refractivity (Wildman–Crippen MR) is 112 cm³/mol. The fourth-order valence-electron chi connectivity index (χ4n) is 3.42. The van der Waals surface area contributed by atoms with Gasteiger partial charge in [0.1, 0.15) is 11.6 Å². The zero-order valence-electron chi connectivity index (χ0n) is 15.2. The van der Waals surface area contributed by atoms with Crippen LogP contribution in [0.1, 0.15) is 17.2 Å². The maximum atomic E-state index is 14.1. The fourth-order valence-corrected chi connectivity index (χ4v) is 5.60. The Morgan fingerprint density at radius 2 is 2.07 bits per heavy atom. The lowest BCUT2D eigenvalue weighted by Gasteiger charge is -2.20. The molecular formula is C21H20F2N2OS2. The number of thioether (sulfide) groups is 2. The third-order valence-corrected chi connectivity index (χ3v) is 7.25. The molecule has 2 aromatic carbocycles. The molecule has 0 radical (unpaired) electrons. The Kier molecular flexibility index (Phi) is 5.92. The largest absolute Gasteiger partial charge is 0.360 e. The van der Waals surface area contributed by atoms with Crippen molar-refractivity contribution in [3.63, 3.8) is 0 Å². The molecule has 28 heavy (non-hydrogen) atoms. The highest BCUT2D eigenvalue weighted by Gasteiger charge is 2.24. The number of benzene rings is 2. The van der Waals surface area contributed by atoms with E-state index in [1.165, 1.54) is 23.9 Å². The number of hydrogen-bond acceptors (Lipinski definition) is 3. The van der Waals surface area contributed by atoms with Gasteiger partial charge in [0.2, 0.25) is 5.91 Å². The van der Waals surface area contributed by atoms with Crippen molar-refractivity contribution in [2.45, 2.75) is 16.6 Å². The molecule has 1 N–H and O–H groups in total. The SMILES string of the molecule is O=C(CSc1c[nH]c2ccccc12)N1CCS[C@@H](c2cc(F)ccc2F)CC1. The maximum Gasteiger partial charge on any atom is 0.232 e. The number of para-hydroxylation sites is 1. The summed E-state index contributed by atoms with van der Waals surface area (Å²) in [5, 5.41) is 0.989. The standard InChI is InChI=1S/C21H20F2N2OS2/c22-14-5-6-17(23)16(11-14)19-7-8-25(9-10-27-19)21(26)13-28-20-12-24-18-4-2-1-3-15(18)20/h1-6,11-12,19,24H,7-10,13H2/t19-/m1/s1. The Hall–Kier alpha value is -1.99. The van der Waals surface area contributed by atoms with Crippen LogP contribution in [0, 0.1) is 11.6 Å². The number of fused-ring (bicyclic) bond motifs is 1. The summed E-state index contributed by atoms with van der Waals surface area (Å²) in [5.41, 5.74) is 1.45. The van der Waals surface area contributed by atoms with Gasteiger partial charge in [-0.25, -0.2) is 8.78 Å². The molecule has 4 rings (SSSR count). The summed E-state index contributed by atoms with van der Waals surface area (Å²) >= 11 is 3.11. The fraction of sp³-hybridized carbons (Fsp3) is 0.286. The Morgan fingerprint density at radius 3 is 2.96 bits per heavy atom. The molecular weight excluding hydrogens is 398 g/mol. The summed E-state index contributed by atoms with van der Waals surface area (Å²) in [6, 6.07) is 11.6. The number of nitrogens with zero attached hydrogens (tertiary/aromatic N) is 1. The second-order valence-electron chi connectivity index (χ2n) is 6.68. The number of aromatic amines is 1. The molecule has 1 aromatic heterocycles. The van der Waals surface area contributed by atoms with Crippen molar-refractivity contribution < 1.29 is 13.6 Å². The normalized spacial score (nSPS) is 17.6. The van der Waals surface area contributed by atoms with E-state index in [2.05, 4.69) is 4.98 Å². The number of carbonyl (C=O) groups is 1. The Bertz CT molecular complexity index is 991. The van der Waals surface area contributed by atoms with E-state index in [1.54, 1.807) is 11.8 Å². The van der Waals surface area contributed by atoms with E-state index < -0.39 is 5.82 Å². The van der Waals surface area contributed by atoms with Crippen molar-refractivity contribution >= 4 is 40.3 Å². The molecule has 0 saturated carbocycles. The molecule has 0 unspecified atom stereocenters. The van der Waals surface area contributed by atoms with Gasteiger partial charge in [0.15, 0.2) is 0 Å². The maximum absolute atomic E-state index is 14.1.